The average Bonchev–Trinajstić information content (AvgIpc) is 3.01. The first-order valence-electron chi connectivity index (χ1n) is 11.5. The molecule has 0 aliphatic carbocycles. The van der Waals surface area contributed by atoms with Gasteiger partial charge in [-0.3, -0.25) is 9.80 Å². The molecule has 2 saturated heterocycles. The predicted octanol–water partition coefficient (Wildman–Crippen LogP) is 2.18. The van der Waals surface area contributed by atoms with E-state index >= 15 is 0 Å². The minimum atomic E-state index is -1.18. The fourth-order valence-electron chi connectivity index (χ4n) is 4.06. The third kappa shape index (κ3) is 7.65. The van der Waals surface area contributed by atoms with Crippen LogP contribution in [0.1, 0.15) is 5.56 Å². The summed E-state index contributed by atoms with van der Waals surface area (Å²) in [6.07, 6.45) is 0. The van der Waals surface area contributed by atoms with Crippen molar-refractivity contribution in [2.45, 2.75) is 12.1 Å². The number of aliphatic hydroxyl groups is 1. The first-order chi connectivity index (χ1) is 16.1. The third-order valence-electron chi connectivity index (χ3n) is 5.85. The number of hydrogen-bond donors (Lipinski definition) is 1. The number of rotatable bonds is 9. The van der Waals surface area contributed by atoms with Gasteiger partial charge in [0.15, 0.2) is 0 Å². The van der Waals surface area contributed by atoms with E-state index in [1.165, 1.54) is 12.1 Å². The molecule has 4 rings (SSSR count). The highest BCUT2D eigenvalue weighted by molar-refractivity contribution is 5.27. The lowest BCUT2D eigenvalue weighted by atomic mass is 10.1. The molecule has 0 aromatic heterocycles. The molecule has 2 aromatic rings. The normalized spacial score (nSPS) is 22.6. The van der Waals surface area contributed by atoms with Gasteiger partial charge in [0.05, 0.1) is 26.4 Å². The zero-order chi connectivity index (χ0) is 22.9. The van der Waals surface area contributed by atoms with Gasteiger partial charge in [-0.25, -0.2) is 4.39 Å². The third-order valence-corrected chi connectivity index (χ3v) is 5.85. The summed E-state index contributed by atoms with van der Waals surface area (Å²) in [6, 6.07) is 14.0. The van der Waals surface area contributed by atoms with Gasteiger partial charge in [0, 0.05) is 45.3 Å². The lowest BCUT2D eigenvalue weighted by molar-refractivity contribution is -0.0647. The molecule has 0 saturated carbocycles. The molecule has 2 aliphatic heterocycles. The summed E-state index contributed by atoms with van der Waals surface area (Å²) >= 11 is 0. The van der Waals surface area contributed by atoms with Crippen LogP contribution in [0.3, 0.4) is 0 Å². The second kappa shape index (κ2) is 11.8. The second-order valence-corrected chi connectivity index (χ2v) is 8.68. The zero-order valence-electron chi connectivity index (χ0n) is 19.0. The van der Waals surface area contributed by atoms with Crippen molar-refractivity contribution in [3.8, 4) is 11.5 Å². The van der Waals surface area contributed by atoms with Crippen LogP contribution >= 0.6 is 0 Å². The molecule has 2 aromatic carbocycles. The van der Waals surface area contributed by atoms with Crippen LogP contribution < -0.4 is 9.47 Å². The summed E-state index contributed by atoms with van der Waals surface area (Å²) in [4.78, 5) is 4.49. The van der Waals surface area contributed by atoms with Crippen molar-refractivity contribution < 1.29 is 28.4 Å². The first-order valence-corrected chi connectivity index (χ1v) is 11.5. The number of ether oxygens (including phenoxy) is 4. The van der Waals surface area contributed by atoms with Gasteiger partial charge in [-0.1, -0.05) is 18.2 Å². The Morgan fingerprint density at radius 2 is 1.67 bits per heavy atom. The summed E-state index contributed by atoms with van der Waals surface area (Å²) in [5, 5.41) is 11.1. The molecule has 1 unspecified atom stereocenters. The number of nitrogens with zero attached hydrogens (tertiary/aromatic N) is 2. The Bertz CT molecular complexity index is 862. The van der Waals surface area contributed by atoms with Crippen LogP contribution in [-0.4, -0.2) is 92.9 Å². The maximum atomic E-state index is 13.4. The molecule has 1 N–H and O–H groups in total. The number of benzene rings is 2. The highest BCUT2D eigenvalue weighted by Gasteiger charge is 2.33. The molecule has 2 heterocycles. The van der Waals surface area contributed by atoms with Crippen molar-refractivity contribution in [1.82, 2.24) is 9.80 Å². The van der Waals surface area contributed by atoms with Gasteiger partial charge >= 0.3 is 0 Å². The van der Waals surface area contributed by atoms with Gasteiger partial charge in [0.1, 0.15) is 36.1 Å². The van der Waals surface area contributed by atoms with E-state index in [2.05, 4.69) is 21.9 Å². The minimum Gasteiger partial charge on any atom is -0.492 e. The standard InChI is InChI=1S/C25H33FN2O5/c26-22-2-1-3-24(16-22)33-20-25(29)18-28(10-14-31-19-25)17-21-4-6-23(7-5-21)32-15-11-27-8-12-30-13-9-27/h1-7,16,29H,8-15,17-20H2. The topological polar surface area (TPSA) is 63.6 Å². The van der Waals surface area contributed by atoms with Crippen molar-refractivity contribution in [3.05, 3.63) is 59.9 Å². The van der Waals surface area contributed by atoms with Gasteiger partial charge < -0.3 is 24.1 Å². The van der Waals surface area contributed by atoms with Crippen molar-refractivity contribution in [1.29, 1.82) is 0 Å². The van der Waals surface area contributed by atoms with Crippen LogP contribution in [-0.2, 0) is 16.0 Å². The van der Waals surface area contributed by atoms with Crippen molar-refractivity contribution in [2.24, 2.45) is 0 Å². The lowest BCUT2D eigenvalue weighted by Gasteiger charge is -2.30. The van der Waals surface area contributed by atoms with Crippen LogP contribution in [0.15, 0.2) is 48.5 Å². The Balaban J connectivity index is 1.25. The van der Waals surface area contributed by atoms with Crippen LogP contribution in [0.2, 0.25) is 0 Å². The fraction of sp³-hybridized carbons (Fsp3) is 0.520. The molecule has 7 nitrogen and oxygen atoms in total. The molecule has 0 spiro atoms. The number of β-amino-alcohol motifs (C(OH)–C–C–N with tert-alkyl or cyclic N) is 1. The van der Waals surface area contributed by atoms with Crippen molar-refractivity contribution in [2.75, 3.05) is 72.4 Å². The van der Waals surface area contributed by atoms with E-state index in [9.17, 15) is 9.50 Å². The molecule has 180 valence electrons. The monoisotopic (exact) mass is 460 g/mol. The van der Waals surface area contributed by atoms with Crippen LogP contribution in [0, 0.1) is 5.82 Å². The van der Waals surface area contributed by atoms with E-state index in [0.717, 1.165) is 44.2 Å². The molecule has 0 bridgehead atoms. The molecular weight excluding hydrogens is 427 g/mol. The van der Waals surface area contributed by atoms with E-state index in [1.54, 1.807) is 12.1 Å². The Labute approximate surface area is 194 Å². The van der Waals surface area contributed by atoms with E-state index in [4.69, 9.17) is 18.9 Å². The van der Waals surface area contributed by atoms with E-state index in [1.807, 2.05) is 12.1 Å². The smallest absolute Gasteiger partial charge is 0.134 e. The van der Waals surface area contributed by atoms with Gasteiger partial charge in [-0.15, -0.1) is 0 Å². The lowest BCUT2D eigenvalue weighted by Crippen LogP contribution is -2.48. The van der Waals surface area contributed by atoms with Gasteiger partial charge in [0.25, 0.3) is 0 Å². The summed E-state index contributed by atoms with van der Waals surface area (Å²) < 4.78 is 35.9. The number of halogens is 1. The zero-order valence-corrected chi connectivity index (χ0v) is 19.0. The second-order valence-electron chi connectivity index (χ2n) is 8.68. The fourth-order valence-corrected chi connectivity index (χ4v) is 4.06. The molecule has 8 heteroatoms. The maximum absolute atomic E-state index is 13.4. The first kappa shape index (κ1) is 23.9. The molecule has 0 amide bonds. The number of hydrogen-bond acceptors (Lipinski definition) is 7. The van der Waals surface area contributed by atoms with Crippen molar-refractivity contribution in [3.63, 3.8) is 0 Å². The Kier molecular flexibility index (Phi) is 8.52. The Hall–Kier alpha value is -2.23. The molecular formula is C25H33FN2O5. The van der Waals surface area contributed by atoms with E-state index in [-0.39, 0.29) is 19.0 Å². The molecule has 2 aliphatic rings. The van der Waals surface area contributed by atoms with Crippen LogP contribution in [0.4, 0.5) is 4.39 Å². The quantitative estimate of drug-likeness (QED) is 0.616. The van der Waals surface area contributed by atoms with Gasteiger partial charge in [-0.05, 0) is 29.8 Å². The minimum absolute atomic E-state index is 0.0306. The number of morpholine rings is 1. The Morgan fingerprint density at radius 1 is 0.909 bits per heavy atom. The molecule has 0 radical (unpaired) electrons. The van der Waals surface area contributed by atoms with E-state index < -0.39 is 5.60 Å². The van der Waals surface area contributed by atoms with Crippen molar-refractivity contribution >= 4 is 0 Å². The summed E-state index contributed by atoms with van der Waals surface area (Å²) in [6.45, 7) is 7.59. The molecule has 1 atom stereocenters. The van der Waals surface area contributed by atoms with Crippen LogP contribution in [0.25, 0.3) is 0 Å². The summed E-state index contributed by atoms with van der Waals surface area (Å²) in [5.41, 5.74) is -0.0448. The molecule has 33 heavy (non-hydrogen) atoms. The van der Waals surface area contributed by atoms with Gasteiger partial charge in [0.2, 0.25) is 0 Å². The SMILES string of the molecule is OC1(COc2cccc(F)c2)COCCN(Cc2ccc(OCCN3CCOCC3)cc2)C1. The maximum Gasteiger partial charge on any atom is 0.134 e. The van der Waals surface area contributed by atoms with Crippen LogP contribution in [0.5, 0.6) is 11.5 Å². The van der Waals surface area contributed by atoms with Gasteiger partial charge in [-0.2, -0.15) is 0 Å². The highest BCUT2D eigenvalue weighted by atomic mass is 19.1. The summed E-state index contributed by atoms with van der Waals surface area (Å²) in [5.74, 6) is 0.876. The van der Waals surface area contributed by atoms with E-state index in [0.29, 0.717) is 38.6 Å². The Morgan fingerprint density at radius 3 is 2.45 bits per heavy atom. The summed E-state index contributed by atoms with van der Waals surface area (Å²) in [7, 11) is 0. The predicted molar refractivity (Wildman–Crippen MR) is 122 cm³/mol. The highest BCUT2D eigenvalue weighted by Crippen LogP contribution is 2.20. The average molecular weight is 461 g/mol. The largest absolute Gasteiger partial charge is 0.492 e. The molecule has 2 fully saturated rings.